The summed E-state index contributed by atoms with van der Waals surface area (Å²) in [6.07, 6.45) is 7.09. The van der Waals surface area contributed by atoms with Gasteiger partial charge in [0.15, 0.2) is 0 Å². The molecule has 0 unspecified atom stereocenters. The first-order chi connectivity index (χ1) is 9.63. The molecule has 1 saturated heterocycles. The van der Waals surface area contributed by atoms with Crippen molar-refractivity contribution in [2.75, 3.05) is 13.1 Å². The maximum atomic E-state index is 11.7. The van der Waals surface area contributed by atoms with Gasteiger partial charge < -0.3 is 9.30 Å². The molecule has 1 saturated carbocycles. The summed E-state index contributed by atoms with van der Waals surface area (Å²) in [4.78, 5) is 14.3. The number of likely N-dealkylation sites (tertiary alicyclic amines) is 1. The zero-order chi connectivity index (χ0) is 14.1. The van der Waals surface area contributed by atoms with Crippen molar-refractivity contribution in [3.05, 3.63) is 28.2 Å². The van der Waals surface area contributed by atoms with E-state index in [1.54, 1.807) is 17.7 Å². The molecule has 0 spiro atoms. The van der Waals surface area contributed by atoms with Gasteiger partial charge in [-0.05, 0) is 25.8 Å². The second-order valence-corrected chi connectivity index (χ2v) is 6.22. The van der Waals surface area contributed by atoms with Gasteiger partial charge in [0.2, 0.25) is 0 Å². The Balaban J connectivity index is 1.55. The van der Waals surface area contributed by atoms with Crippen molar-refractivity contribution in [2.24, 2.45) is 7.05 Å². The molecule has 2 heterocycles. The van der Waals surface area contributed by atoms with E-state index in [-0.39, 0.29) is 11.7 Å². The van der Waals surface area contributed by atoms with E-state index in [1.807, 2.05) is 13.0 Å². The molecule has 0 N–H and O–H groups in total. The van der Waals surface area contributed by atoms with E-state index in [4.69, 9.17) is 4.74 Å². The normalized spacial score (nSPS) is 21.7. The Kier molecular flexibility index (Phi) is 3.83. The summed E-state index contributed by atoms with van der Waals surface area (Å²) in [7, 11) is 1.79. The molecule has 0 atom stereocenters. The van der Waals surface area contributed by atoms with E-state index in [0.717, 1.165) is 30.6 Å². The zero-order valence-electron chi connectivity index (χ0n) is 12.5. The van der Waals surface area contributed by atoms with Gasteiger partial charge in [-0.1, -0.05) is 19.3 Å². The molecular formula is C16H24N2O2. The summed E-state index contributed by atoms with van der Waals surface area (Å²) in [6.45, 7) is 3.96. The van der Waals surface area contributed by atoms with Crippen molar-refractivity contribution < 1.29 is 4.74 Å². The van der Waals surface area contributed by atoms with Gasteiger partial charge in [0.05, 0.1) is 0 Å². The van der Waals surface area contributed by atoms with Crippen LogP contribution in [0.5, 0.6) is 5.75 Å². The van der Waals surface area contributed by atoms with E-state index in [9.17, 15) is 4.79 Å². The molecule has 0 radical (unpaired) electrons. The third kappa shape index (κ3) is 2.75. The molecule has 4 nitrogen and oxygen atoms in total. The Labute approximate surface area is 120 Å². The minimum Gasteiger partial charge on any atom is -0.487 e. The first-order valence-electron chi connectivity index (χ1n) is 7.72. The minimum absolute atomic E-state index is 0.00320. The number of hydrogen-bond acceptors (Lipinski definition) is 3. The van der Waals surface area contributed by atoms with Gasteiger partial charge in [-0.2, -0.15) is 0 Å². The average Bonchev–Trinajstić information content (AvgIpc) is 2.40. The first kappa shape index (κ1) is 13.7. The molecule has 1 aliphatic carbocycles. The number of nitrogens with zero attached hydrogens (tertiary/aromatic N) is 2. The fourth-order valence-corrected chi connectivity index (χ4v) is 3.29. The highest BCUT2D eigenvalue weighted by molar-refractivity contribution is 5.23. The van der Waals surface area contributed by atoms with Gasteiger partial charge >= 0.3 is 0 Å². The van der Waals surface area contributed by atoms with Crippen LogP contribution in [0.1, 0.15) is 37.8 Å². The molecule has 1 aromatic heterocycles. The largest absolute Gasteiger partial charge is 0.487 e. The monoisotopic (exact) mass is 276 g/mol. The fraction of sp³-hybridized carbons (Fsp3) is 0.688. The molecular weight excluding hydrogens is 252 g/mol. The summed E-state index contributed by atoms with van der Waals surface area (Å²) < 4.78 is 7.57. The van der Waals surface area contributed by atoms with Crippen LogP contribution in [0, 0.1) is 6.92 Å². The molecule has 4 heteroatoms. The highest BCUT2D eigenvalue weighted by atomic mass is 16.5. The van der Waals surface area contributed by atoms with E-state index in [2.05, 4.69) is 4.90 Å². The van der Waals surface area contributed by atoms with Crippen molar-refractivity contribution in [1.82, 2.24) is 9.47 Å². The van der Waals surface area contributed by atoms with Crippen LogP contribution >= 0.6 is 0 Å². The highest BCUT2D eigenvalue weighted by Crippen LogP contribution is 2.27. The quantitative estimate of drug-likeness (QED) is 0.848. The Morgan fingerprint density at radius 3 is 2.50 bits per heavy atom. The van der Waals surface area contributed by atoms with Crippen LogP contribution in [-0.4, -0.2) is 34.7 Å². The Morgan fingerprint density at radius 1 is 1.15 bits per heavy atom. The molecule has 1 aromatic rings. The van der Waals surface area contributed by atoms with Crippen LogP contribution in [0.3, 0.4) is 0 Å². The van der Waals surface area contributed by atoms with Gasteiger partial charge in [0.25, 0.3) is 5.56 Å². The third-order valence-electron chi connectivity index (χ3n) is 4.75. The predicted octanol–water partition coefficient (Wildman–Crippen LogP) is 2.09. The zero-order valence-corrected chi connectivity index (χ0v) is 12.5. The molecule has 3 rings (SSSR count). The van der Waals surface area contributed by atoms with Crippen molar-refractivity contribution >= 4 is 0 Å². The molecule has 0 bridgehead atoms. The first-order valence-corrected chi connectivity index (χ1v) is 7.72. The van der Waals surface area contributed by atoms with Crippen LogP contribution < -0.4 is 10.3 Å². The molecule has 1 aliphatic heterocycles. The lowest BCUT2D eigenvalue weighted by Crippen LogP contribution is -2.58. The lowest BCUT2D eigenvalue weighted by molar-refractivity contribution is -0.0189. The summed E-state index contributed by atoms with van der Waals surface area (Å²) in [5.41, 5.74) is 0.944. The van der Waals surface area contributed by atoms with E-state index >= 15 is 0 Å². The van der Waals surface area contributed by atoms with Gasteiger partial charge in [0, 0.05) is 37.9 Å². The topological polar surface area (TPSA) is 34.5 Å². The van der Waals surface area contributed by atoms with Crippen molar-refractivity contribution in [1.29, 1.82) is 0 Å². The van der Waals surface area contributed by atoms with Gasteiger partial charge in [-0.3, -0.25) is 9.69 Å². The molecule has 2 aliphatic rings. The maximum absolute atomic E-state index is 11.7. The number of rotatable bonds is 3. The smallest absolute Gasteiger partial charge is 0.254 e. The van der Waals surface area contributed by atoms with E-state index in [1.165, 1.54) is 32.1 Å². The van der Waals surface area contributed by atoms with E-state index < -0.39 is 0 Å². The second-order valence-electron chi connectivity index (χ2n) is 6.22. The van der Waals surface area contributed by atoms with Crippen LogP contribution in [-0.2, 0) is 7.05 Å². The van der Waals surface area contributed by atoms with Crippen LogP contribution in [0.4, 0.5) is 0 Å². The molecule has 2 fully saturated rings. The maximum Gasteiger partial charge on any atom is 0.254 e. The van der Waals surface area contributed by atoms with Crippen molar-refractivity contribution in [3.8, 4) is 5.75 Å². The summed E-state index contributed by atoms with van der Waals surface area (Å²) in [5, 5.41) is 0. The van der Waals surface area contributed by atoms with Crippen molar-refractivity contribution in [2.45, 2.75) is 51.2 Å². The molecule has 0 aromatic carbocycles. The number of aryl methyl sites for hydroxylation is 1. The third-order valence-corrected chi connectivity index (χ3v) is 4.75. The second kappa shape index (κ2) is 5.60. The fourth-order valence-electron chi connectivity index (χ4n) is 3.29. The lowest BCUT2D eigenvalue weighted by atomic mass is 9.92. The summed E-state index contributed by atoms with van der Waals surface area (Å²) in [5.74, 6) is 0.721. The van der Waals surface area contributed by atoms with Gasteiger partial charge in [-0.15, -0.1) is 0 Å². The number of ether oxygens (including phenoxy) is 1. The highest BCUT2D eigenvalue weighted by Gasteiger charge is 2.34. The molecule has 20 heavy (non-hydrogen) atoms. The Bertz CT molecular complexity index is 526. The predicted molar refractivity (Wildman–Crippen MR) is 79.3 cm³/mol. The summed E-state index contributed by atoms with van der Waals surface area (Å²) >= 11 is 0. The van der Waals surface area contributed by atoms with E-state index in [0.29, 0.717) is 0 Å². The van der Waals surface area contributed by atoms with Crippen LogP contribution in [0.25, 0.3) is 0 Å². The van der Waals surface area contributed by atoms with Gasteiger partial charge in [-0.25, -0.2) is 0 Å². The van der Waals surface area contributed by atoms with Crippen LogP contribution in [0.2, 0.25) is 0 Å². The number of pyridine rings is 1. The minimum atomic E-state index is 0.00320. The van der Waals surface area contributed by atoms with Gasteiger partial charge in [0.1, 0.15) is 11.9 Å². The van der Waals surface area contributed by atoms with Crippen LogP contribution in [0.15, 0.2) is 16.9 Å². The standard InChI is InChI=1S/C16H24N2O2/c1-12-8-14(9-16(19)17(12)2)20-15-10-18(11-15)13-6-4-3-5-7-13/h8-9,13,15H,3-7,10-11H2,1-2H3. The number of aromatic nitrogens is 1. The molecule has 110 valence electrons. The Morgan fingerprint density at radius 2 is 1.85 bits per heavy atom. The Hall–Kier alpha value is -1.29. The number of hydrogen-bond donors (Lipinski definition) is 0. The SMILES string of the molecule is Cc1cc(OC2CN(C3CCCCC3)C2)cc(=O)n1C. The lowest BCUT2D eigenvalue weighted by Gasteiger charge is -2.45. The molecule has 0 amide bonds. The average molecular weight is 276 g/mol. The van der Waals surface area contributed by atoms with Crippen molar-refractivity contribution in [3.63, 3.8) is 0 Å². The summed E-state index contributed by atoms with van der Waals surface area (Å²) in [6, 6.07) is 4.31.